The van der Waals surface area contributed by atoms with Gasteiger partial charge in [0.15, 0.2) is 18.1 Å². The lowest BCUT2D eigenvalue weighted by molar-refractivity contribution is -0.124. The molecule has 26 heavy (non-hydrogen) atoms. The highest BCUT2D eigenvalue weighted by atomic mass is 35.5. The Kier molecular flexibility index (Phi) is 6.36. The minimum absolute atomic E-state index is 0.0378. The van der Waals surface area contributed by atoms with Crippen molar-refractivity contribution < 1.29 is 14.6 Å². The van der Waals surface area contributed by atoms with Crippen LogP contribution in [0.15, 0.2) is 48.5 Å². The van der Waals surface area contributed by atoms with Gasteiger partial charge in [0.05, 0.1) is 0 Å². The van der Waals surface area contributed by atoms with E-state index in [0.717, 1.165) is 37.5 Å². The lowest BCUT2D eigenvalue weighted by Gasteiger charge is -2.32. The number of hydrogen-bond donors (Lipinski definition) is 2. The van der Waals surface area contributed by atoms with Crippen molar-refractivity contribution in [3.8, 4) is 11.5 Å². The van der Waals surface area contributed by atoms with Gasteiger partial charge in [0.25, 0.3) is 5.91 Å². The summed E-state index contributed by atoms with van der Waals surface area (Å²) in [6.07, 6.45) is 1.83. The van der Waals surface area contributed by atoms with Crippen LogP contribution in [0.2, 0.25) is 5.02 Å². The van der Waals surface area contributed by atoms with Gasteiger partial charge >= 0.3 is 0 Å². The summed E-state index contributed by atoms with van der Waals surface area (Å²) in [7, 11) is 0. The summed E-state index contributed by atoms with van der Waals surface area (Å²) in [5.41, 5.74) is 1.24. The fraction of sp³-hybridized carbons (Fsp3) is 0.350. The van der Waals surface area contributed by atoms with Crippen molar-refractivity contribution in [2.45, 2.75) is 25.4 Å². The molecule has 6 heteroatoms. The van der Waals surface area contributed by atoms with Crippen molar-refractivity contribution in [1.82, 2.24) is 10.2 Å². The fourth-order valence-electron chi connectivity index (χ4n) is 3.08. The van der Waals surface area contributed by atoms with Crippen molar-refractivity contribution in [2.75, 3.05) is 19.7 Å². The Morgan fingerprint density at radius 3 is 2.54 bits per heavy atom. The van der Waals surface area contributed by atoms with Gasteiger partial charge in [-0.25, -0.2) is 0 Å². The summed E-state index contributed by atoms with van der Waals surface area (Å²) in [4.78, 5) is 14.4. The number of para-hydroxylation sites is 2. The van der Waals surface area contributed by atoms with E-state index in [1.807, 2.05) is 24.3 Å². The molecule has 5 nitrogen and oxygen atoms in total. The number of benzene rings is 2. The van der Waals surface area contributed by atoms with Crippen LogP contribution in [0.25, 0.3) is 0 Å². The standard InChI is InChI=1S/C20H23ClN2O3/c21-16-7-5-15(6-8-16)13-23-11-9-17(10-12-23)22-20(25)14-26-19-4-2-1-3-18(19)24/h1-8,17,24H,9-14H2,(H,22,25). The molecule has 0 unspecified atom stereocenters. The number of piperidine rings is 1. The van der Waals surface area contributed by atoms with Crippen LogP contribution in [-0.4, -0.2) is 41.7 Å². The first-order chi connectivity index (χ1) is 12.6. The van der Waals surface area contributed by atoms with E-state index in [1.165, 1.54) is 11.6 Å². The number of carbonyl (C=O) groups excluding carboxylic acids is 1. The van der Waals surface area contributed by atoms with E-state index >= 15 is 0 Å². The van der Waals surface area contributed by atoms with Gasteiger partial charge in [-0.3, -0.25) is 9.69 Å². The first-order valence-corrected chi connectivity index (χ1v) is 9.15. The maximum atomic E-state index is 12.1. The molecular weight excluding hydrogens is 352 g/mol. The van der Waals surface area contributed by atoms with Gasteiger partial charge in [-0.1, -0.05) is 35.9 Å². The second-order valence-corrected chi connectivity index (χ2v) is 6.94. The maximum Gasteiger partial charge on any atom is 0.258 e. The van der Waals surface area contributed by atoms with Gasteiger partial charge in [0, 0.05) is 30.7 Å². The number of amides is 1. The number of nitrogens with one attached hydrogen (secondary N) is 1. The Morgan fingerprint density at radius 1 is 1.15 bits per heavy atom. The van der Waals surface area contributed by atoms with Crippen LogP contribution in [0.3, 0.4) is 0 Å². The number of phenolic OH excluding ortho intramolecular Hbond substituents is 1. The van der Waals surface area contributed by atoms with E-state index in [-0.39, 0.29) is 24.3 Å². The molecule has 0 spiro atoms. The maximum absolute atomic E-state index is 12.1. The average Bonchev–Trinajstić information content (AvgIpc) is 2.64. The molecule has 2 N–H and O–H groups in total. The van der Waals surface area contributed by atoms with Crippen LogP contribution in [0.5, 0.6) is 11.5 Å². The topological polar surface area (TPSA) is 61.8 Å². The summed E-state index contributed by atoms with van der Waals surface area (Å²) in [5.74, 6) is 0.195. The van der Waals surface area contributed by atoms with Gasteiger partial charge in [-0.15, -0.1) is 0 Å². The third-order valence-corrected chi connectivity index (χ3v) is 4.75. The Balaban J connectivity index is 1.38. The minimum atomic E-state index is -0.163. The fourth-order valence-corrected chi connectivity index (χ4v) is 3.20. The van der Waals surface area contributed by atoms with Crippen LogP contribution in [-0.2, 0) is 11.3 Å². The van der Waals surface area contributed by atoms with Crippen molar-refractivity contribution >= 4 is 17.5 Å². The third kappa shape index (κ3) is 5.38. The second-order valence-electron chi connectivity index (χ2n) is 6.50. The largest absolute Gasteiger partial charge is 0.504 e. The molecule has 0 bridgehead atoms. The molecule has 1 heterocycles. The highest BCUT2D eigenvalue weighted by Gasteiger charge is 2.21. The number of carbonyl (C=O) groups is 1. The van der Waals surface area contributed by atoms with Crippen molar-refractivity contribution in [3.63, 3.8) is 0 Å². The van der Waals surface area contributed by atoms with Crippen molar-refractivity contribution in [3.05, 3.63) is 59.1 Å². The van der Waals surface area contributed by atoms with Crippen molar-refractivity contribution in [1.29, 1.82) is 0 Å². The van der Waals surface area contributed by atoms with E-state index in [1.54, 1.807) is 18.2 Å². The lowest BCUT2D eigenvalue weighted by Crippen LogP contribution is -2.45. The number of aromatic hydroxyl groups is 1. The molecule has 2 aromatic carbocycles. The lowest BCUT2D eigenvalue weighted by atomic mass is 10.0. The molecular formula is C20H23ClN2O3. The molecule has 0 saturated carbocycles. The molecule has 138 valence electrons. The summed E-state index contributed by atoms with van der Waals surface area (Å²) < 4.78 is 5.37. The number of ether oxygens (including phenoxy) is 1. The average molecular weight is 375 g/mol. The first-order valence-electron chi connectivity index (χ1n) is 8.77. The highest BCUT2D eigenvalue weighted by molar-refractivity contribution is 6.30. The Bertz CT molecular complexity index is 728. The number of likely N-dealkylation sites (tertiary alicyclic amines) is 1. The summed E-state index contributed by atoms with van der Waals surface area (Å²) >= 11 is 5.92. The zero-order valence-electron chi connectivity index (χ0n) is 14.5. The van der Waals surface area contributed by atoms with E-state index in [4.69, 9.17) is 16.3 Å². The predicted octanol–water partition coefficient (Wildman–Crippen LogP) is 3.21. The minimum Gasteiger partial charge on any atom is -0.504 e. The van der Waals surface area contributed by atoms with E-state index in [0.29, 0.717) is 5.75 Å². The van der Waals surface area contributed by atoms with Crippen LogP contribution < -0.4 is 10.1 Å². The van der Waals surface area contributed by atoms with Gasteiger partial charge in [-0.05, 0) is 42.7 Å². The number of rotatable bonds is 6. The number of nitrogens with zero attached hydrogens (tertiary/aromatic N) is 1. The van der Waals surface area contributed by atoms with Crippen LogP contribution in [0.4, 0.5) is 0 Å². The third-order valence-electron chi connectivity index (χ3n) is 4.50. The Labute approximate surface area is 158 Å². The second kappa shape index (κ2) is 8.92. The molecule has 0 aliphatic carbocycles. The number of phenols is 1. The molecule has 1 aliphatic heterocycles. The Hall–Kier alpha value is -2.24. The van der Waals surface area contributed by atoms with E-state index in [2.05, 4.69) is 10.2 Å². The van der Waals surface area contributed by atoms with E-state index in [9.17, 15) is 9.90 Å². The molecule has 0 atom stereocenters. The van der Waals surface area contributed by atoms with Crippen LogP contribution in [0.1, 0.15) is 18.4 Å². The summed E-state index contributed by atoms with van der Waals surface area (Å²) in [6.45, 7) is 2.68. The van der Waals surface area contributed by atoms with Gasteiger partial charge in [-0.2, -0.15) is 0 Å². The zero-order chi connectivity index (χ0) is 18.4. The molecule has 3 rings (SSSR count). The molecule has 1 fully saturated rings. The monoisotopic (exact) mass is 374 g/mol. The van der Waals surface area contributed by atoms with Gasteiger partial charge < -0.3 is 15.2 Å². The smallest absolute Gasteiger partial charge is 0.258 e. The molecule has 0 radical (unpaired) electrons. The SMILES string of the molecule is O=C(COc1ccccc1O)NC1CCN(Cc2ccc(Cl)cc2)CC1. The van der Waals surface area contributed by atoms with Crippen molar-refractivity contribution in [2.24, 2.45) is 0 Å². The number of halogens is 1. The molecule has 2 aromatic rings. The molecule has 0 aromatic heterocycles. The summed E-state index contributed by atoms with van der Waals surface area (Å²) in [5, 5.41) is 13.4. The quantitative estimate of drug-likeness (QED) is 0.815. The molecule has 1 amide bonds. The van der Waals surface area contributed by atoms with E-state index < -0.39 is 0 Å². The molecule has 1 aliphatic rings. The summed E-state index contributed by atoms with van der Waals surface area (Å²) in [6, 6.07) is 14.7. The highest BCUT2D eigenvalue weighted by Crippen LogP contribution is 2.24. The zero-order valence-corrected chi connectivity index (χ0v) is 15.3. The van der Waals surface area contributed by atoms with Crippen LogP contribution in [0, 0.1) is 0 Å². The number of hydrogen-bond acceptors (Lipinski definition) is 4. The Morgan fingerprint density at radius 2 is 1.85 bits per heavy atom. The van der Waals surface area contributed by atoms with Gasteiger partial charge in [0.1, 0.15) is 0 Å². The van der Waals surface area contributed by atoms with Crippen LogP contribution >= 0.6 is 11.6 Å². The first kappa shape index (κ1) is 18.5. The van der Waals surface area contributed by atoms with Gasteiger partial charge in [0.2, 0.25) is 0 Å². The predicted molar refractivity (Wildman–Crippen MR) is 101 cm³/mol. The normalized spacial score (nSPS) is 15.6. The molecule has 1 saturated heterocycles.